The van der Waals surface area contributed by atoms with E-state index in [4.69, 9.17) is 15.2 Å². The zero-order valence-corrected chi connectivity index (χ0v) is 17.0. The lowest BCUT2D eigenvalue weighted by molar-refractivity contribution is 0.0462. The summed E-state index contributed by atoms with van der Waals surface area (Å²) < 4.78 is 38.2. The number of carbonyl (C=O) groups excluding carboxylic acids is 1. The second-order valence-corrected chi connectivity index (χ2v) is 8.56. The summed E-state index contributed by atoms with van der Waals surface area (Å²) in [6.07, 6.45) is 1.58. The molecule has 156 valence electrons. The Kier molecular flexibility index (Phi) is 5.27. The van der Waals surface area contributed by atoms with Crippen LogP contribution < -0.4 is 15.2 Å². The lowest BCUT2D eigenvalue weighted by Crippen LogP contribution is -2.26. The van der Waals surface area contributed by atoms with Gasteiger partial charge in [0, 0.05) is 11.4 Å². The molecule has 1 heterocycles. The number of nitrogen functional groups attached to an aromatic ring is 1. The van der Waals surface area contributed by atoms with E-state index in [9.17, 15) is 13.2 Å². The van der Waals surface area contributed by atoms with Gasteiger partial charge in [-0.2, -0.15) is 0 Å². The molecule has 0 spiro atoms. The Labute approximate surface area is 173 Å². The van der Waals surface area contributed by atoms with Crippen LogP contribution in [0.25, 0.3) is 10.9 Å². The van der Waals surface area contributed by atoms with E-state index in [1.165, 1.54) is 25.3 Å². The molecule has 1 aliphatic rings. The Hall–Kier alpha value is -3.24. The molecule has 2 aromatic carbocycles. The third kappa shape index (κ3) is 4.19. The van der Waals surface area contributed by atoms with Gasteiger partial charge in [-0.05, 0) is 43.2 Å². The average Bonchev–Trinajstić information content (AvgIpc) is 3.55. The van der Waals surface area contributed by atoms with E-state index in [-0.39, 0.29) is 40.5 Å². The Bertz CT molecular complexity index is 1230. The van der Waals surface area contributed by atoms with Crippen molar-refractivity contribution in [2.75, 3.05) is 12.8 Å². The normalized spacial score (nSPS) is 13.9. The summed E-state index contributed by atoms with van der Waals surface area (Å²) in [5.74, 6) is -0.0341. The number of esters is 1. The van der Waals surface area contributed by atoms with Crippen molar-refractivity contribution < 1.29 is 22.7 Å². The van der Waals surface area contributed by atoms with Gasteiger partial charge in [0.1, 0.15) is 16.5 Å². The van der Waals surface area contributed by atoms with Gasteiger partial charge in [-0.1, -0.05) is 12.1 Å². The zero-order valence-electron chi connectivity index (χ0n) is 16.2. The standard InChI is InChI=1S/C20H20N4O5S/c1-28-16-9-6-12(10-17(16)30(26,27)24-13-7-8-13)20(25)29-11-18-22-15-5-3-2-4-14(15)19(21)23-18/h2-6,9-10,13,24H,7-8,11H2,1H3,(H2,21,22,23). The summed E-state index contributed by atoms with van der Waals surface area (Å²) in [4.78, 5) is 20.9. The lowest BCUT2D eigenvalue weighted by Gasteiger charge is -2.12. The summed E-state index contributed by atoms with van der Waals surface area (Å²) in [7, 11) is -2.45. The van der Waals surface area contributed by atoms with Crippen molar-refractivity contribution >= 4 is 32.7 Å². The Morgan fingerprint density at radius 1 is 1.20 bits per heavy atom. The number of benzene rings is 2. The smallest absolute Gasteiger partial charge is 0.338 e. The molecule has 9 nitrogen and oxygen atoms in total. The number of aromatic nitrogens is 2. The van der Waals surface area contributed by atoms with Gasteiger partial charge in [-0.25, -0.2) is 27.9 Å². The molecule has 1 saturated carbocycles. The molecule has 0 bridgehead atoms. The quantitative estimate of drug-likeness (QED) is 0.546. The van der Waals surface area contributed by atoms with Crippen LogP contribution in [0.1, 0.15) is 29.0 Å². The number of nitrogens with two attached hydrogens (primary N) is 1. The van der Waals surface area contributed by atoms with Crippen LogP contribution in [0, 0.1) is 0 Å². The largest absolute Gasteiger partial charge is 0.495 e. The van der Waals surface area contributed by atoms with E-state index in [1.54, 1.807) is 12.1 Å². The van der Waals surface area contributed by atoms with E-state index < -0.39 is 16.0 Å². The van der Waals surface area contributed by atoms with Crippen molar-refractivity contribution in [3.63, 3.8) is 0 Å². The van der Waals surface area contributed by atoms with Gasteiger partial charge in [0.2, 0.25) is 10.0 Å². The predicted octanol–water partition coefficient (Wildman–Crippen LogP) is 2.02. The number of ether oxygens (including phenoxy) is 2. The molecule has 0 aliphatic heterocycles. The van der Waals surface area contributed by atoms with E-state index in [1.807, 2.05) is 12.1 Å². The molecule has 10 heteroatoms. The molecule has 0 atom stereocenters. The molecule has 0 amide bonds. The molecule has 3 N–H and O–H groups in total. The molecule has 3 aromatic rings. The molecule has 0 radical (unpaired) electrons. The highest BCUT2D eigenvalue weighted by Gasteiger charge is 2.30. The first-order valence-electron chi connectivity index (χ1n) is 9.26. The minimum atomic E-state index is -3.82. The van der Waals surface area contributed by atoms with E-state index >= 15 is 0 Å². The van der Waals surface area contributed by atoms with Gasteiger partial charge >= 0.3 is 5.97 Å². The molecule has 4 rings (SSSR count). The van der Waals surface area contributed by atoms with Gasteiger partial charge in [-0.3, -0.25) is 0 Å². The number of hydrogen-bond acceptors (Lipinski definition) is 8. The molecule has 1 aliphatic carbocycles. The van der Waals surface area contributed by atoms with Crippen molar-refractivity contribution in [1.29, 1.82) is 0 Å². The minimum absolute atomic E-state index is 0.0701. The maximum Gasteiger partial charge on any atom is 0.338 e. The molecule has 30 heavy (non-hydrogen) atoms. The van der Waals surface area contributed by atoms with E-state index in [2.05, 4.69) is 14.7 Å². The van der Waals surface area contributed by atoms with Crippen LogP contribution in [0.4, 0.5) is 5.82 Å². The monoisotopic (exact) mass is 428 g/mol. The van der Waals surface area contributed by atoms with Crippen LogP contribution in [0.2, 0.25) is 0 Å². The van der Waals surface area contributed by atoms with Gasteiger partial charge < -0.3 is 15.2 Å². The zero-order chi connectivity index (χ0) is 21.3. The lowest BCUT2D eigenvalue weighted by atomic mass is 10.2. The van der Waals surface area contributed by atoms with Crippen LogP contribution in [0.5, 0.6) is 5.75 Å². The number of hydrogen-bond donors (Lipinski definition) is 2. The third-order valence-electron chi connectivity index (χ3n) is 4.60. The maximum absolute atomic E-state index is 12.6. The van der Waals surface area contributed by atoms with E-state index in [0.717, 1.165) is 12.8 Å². The molecule has 0 unspecified atom stereocenters. The highest BCUT2D eigenvalue weighted by Crippen LogP contribution is 2.28. The number of carbonyl (C=O) groups is 1. The van der Waals surface area contributed by atoms with Crippen LogP contribution in [-0.4, -0.2) is 37.5 Å². The van der Waals surface area contributed by atoms with Crippen LogP contribution >= 0.6 is 0 Å². The first kappa shape index (κ1) is 20.0. The maximum atomic E-state index is 12.6. The summed E-state index contributed by atoms with van der Waals surface area (Å²) >= 11 is 0. The van der Waals surface area contributed by atoms with Crippen LogP contribution in [0.15, 0.2) is 47.4 Å². The fourth-order valence-electron chi connectivity index (χ4n) is 2.93. The van der Waals surface area contributed by atoms with Crippen molar-refractivity contribution in [3.8, 4) is 5.75 Å². The second-order valence-electron chi connectivity index (χ2n) is 6.88. The summed E-state index contributed by atoms with van der Waals surface area (Å²) in [6.45, 7) is -0.206. The SMILES string of the molecule is COc1ccc(C(=O)OCc2nc(N)c3ccccc3n2)cc1S(=O)(=O)NC1CC1. The van der Waals surface area contributed by atoms with Crippen LogP contribution in [0.3, 0.4) is 0 Å². The van der Waals surface area contributed by atoms with Gasteiger partial charge in [0.05, 0.1) is 18.2 Å². The number of rotatable bonds is 7. The Balaban J connectivity index is 1.54. The molecule has 1 aromatic heterocycles. The van der Waals surface area contributed by atoms with Crippen molar-refractivity contribution in [2.24, 2.45) is 0 Å². The average molecular weight is 428 g/mol. The topological polar surface area (TPSA) is 134 Å². The summed E-state index contributed by atoms with van der Waals surface area (Å²) in [6, 6.07) is 11.2. The minimum Gasteiger partial charge on any atom is -0.495 e. The van der Waals surface area contributed by atoms with Gasteiger partial charge in [-0.15, -0.1) is 0 Å². The van der Waals surface area contributed by atoms with E-state index in [0.29, 0.717) is 10.9 Å². The van der Waals surface area contributed by atoms with Crippen LogP contribution in [-0.2, 0) is 21.4 Å². The first-order valence-corrected chi connectivity index (χ1v) is 10.7. The molecule has 0 saturated heterocycles. The molecular formula is C20H20N4O5S. The molecular weight excluding hydrogens is 408 g/mol. The fraction of sp³-hybridized carbons (Fsp3) is 0.250. The number of methoxy groups -OCH3 is 1. The van der Waals surface area contributed by atoms with Gasteiger partial charge in [0.15, 0.2) is 12.4 Å². The first-order chi connectivity index (χ1) is 14.4. The fourth-order valence-corrected chi connectivity index (χ4v) is 4.43. The Morgan fingerprint density at radius 2 is 1.97 bits per heavy atom. The number of anilines is 1. The van der Waals surface area contributed by atoms with Crippen molar-refractivity contribution in [2.45, 2.75) is 30.4 Å². The molecule has 1 fully saturated rings. The number of sulfonamides is 1. The Morgan fingerprint density at radius 3 is 2.70 bits per heavy atom. The highest BCUT2D eigenvalue weighted by molar-refractivity contribution is 7.89. The highest BCUT2D eigenvalue weighted by atomic mass is 32.2. The van der Waals surface area contributed by atoms with Crippen molar-refractivity contribution in [3.05, 3.63) is 53.9 Å². The third-order valence-corrected chi connectivity index (χ3v) is 6.14. The van der Waals surface area contributed by atoms with Crippen molar-refractivity contribution in [1.82, 2.24) is 14.7 Å². The number of fused-ring (bicyclic) bond motifs is 1. The number of para-hydroxylation sites is 1. The number of nitrogens with one attached hydrogen (secondary N) is 1. The second kappa shape index (κ2) is 7.88. The van der Waals surface area contributed by atoms with Gasteiger partial charge in [0.25, 0.3) is 0 Å². The number of nitrogens with zero attached hydrogens (tertiary/aromatic N) is 2. The summed E-state index contributed by atoms with van der Waals surface area (Å²) in [5.41, 5.74) is 6.65. The predicted molar refractivity (Wildman–Crippen MR) is 109 cm³/mol. The summed E-state index contributed by atoms with van der Waals surface area (Å²) in [5, 5.41) is 0.709.